The fraction of sp³-hybridized carbons (Fsp3) is 0.267. The third kappa shape index (κ3) is 1.74. The molecule has 5 heteroatoms. The van der Waals surface area contributed by atoms with Crippen molar-refractivity contribution < 1.29 is 0 Å². The number of rotatable bonds is 1. The summed E-state index contributed by atoms with van der Waals surface area (Å²) >= 11 is 0. The highest BCUT2D eigenvalue weighted by atomic mass is 15.5. The van der Waals surface area contributed by atoms with Crippen molar-refractivity contribution in [2.75, 3.05) is 13.1 Å². The first-order valence-corrected chi connectivity index (χ1v) is 6.84. The van der Waals surface area contributed by atoms with E-state index in [-0.39, 0.29) is 0 Å². The van der Waals surface area contributed by atoms with E-state index in [1.807, 2.05) is 17.1 Å². The Hall–Kier alpha value is -2.43. The molecule has 0 spiro atoms. The molecule has 0 aliphatic carbocycles. The first-order valence-electron chi connectivity index (χ1n) is 6.84. The third-order valence-corrected chi connectivity index (χ3v) is 3.62. The Balaban J connectivity index is 1.79. The van der Waals surface area contributed by atoms with E-state index in [0.717, 1.165) is 42.5 Å². The average Bonchev–Trinajstić information content (AvgIpc) is 2.92. The Labute approximate surface area is 117 Å². The minimum absolute atomic E-state index is 0.845. The molecule has 2 aliphatic rings. The summed E-state index contributed by atoms with van der Waals surface area (Å²) in [6, 6.07) is 10.4. The standard InChI is InChI=1S/C15H15N5/c1-11-3-5-12(6-4-11)13-9-14-17-10-19-8-2-7-16-15(19)20(14)18-13/h3-6,9-10H,2,7-8H2,1H3. The van der Waals surface area contributed by atoms with E-state index in [4.69, 9.17) is 0 Å². The van der Waals surface area contributed by atoms with Crippen molar-refractivity contribution in [3.63, 3.8) is 0 Å². The van der Waals surface area contributed by atoms with Gasteiger partial charge in [0.15, 0.2) is 5.82 Å². The fourth-order valence-electron chi connectivity index (χ4n) is 2.51. The fourth-order valence-corrected chi connectivity index (χ4v) is 2.51. The van der Waals surface area contributed by atoms with E-state index in [1.54, 1.807) is 0 Å². The quantitative estimate of drug-likeness (QED) is 0.795. The van der Waals surface area contributed by atoms with Gasteiger partial charge in [-0.25, -0.2) is 4.99 Å². The maximum Gasteiger partial charge on any atom is 0.229 e. The summed E-state index contributed by atoms with van der Waals surface area (Å²) in [6.45, 7) is 3.90. The second-order valence-electron chi connectivity index (χ2n) is 5.14. The zero-order valence-corrected chi connectivity index (χ0v) is 11.3. The van der Waals surface area contributed by atoms with Crippen LogP contribution in [-0.2, 0) is 0 Å². The molecule has 0 amide bonds. The second kappa shape index (κ2) is 4.30. The van der Waals surface area contributed by atoms with Gasteiger partial charge in [-0.2, -0.15) is 9.78 Å². The maximum absolute atomic E-state index is 4.67. The van der Waals surface area contributed by atoms with Gasteiger partial charge < -0.3 is 4.90 Å². The highest BCUT2D eigenvalue weighted by Crippen LogP contribution is 2.26. The SMILES string of the molecule is Cc1ccc(-c2cc3n(n2)C2=NCCCN2C=N3)cc1. The molecule has 0 unspecified atom stereocenters. The molecule has 0 radical (unpaired) electrons. The van der Waals surface area contributed by atoms with Gasteiger partial charge in [0, 0.05) is 24.7 Å². The van der Waals surface area contributed by atoms with Crippen LogP contribution in [0.15, 0.2) is 40.3 Å². The predicted molar refractivity (Wildman–Crippen MR) is 79.6 cm³/mol. The Morgan fingerprint density at radius 1 is 1.15 bits per heavy atom. The minimum Gasteiger partial charge on any atom is -0.301 e. The predicted octanol–water partition coefficient (Wildman–Crippen LogP) is 2.44. The van der Waals surface area contributed by atoms with Gasteiger partial charge in [-0.1, -0.05) is 29.8 Å². The summed E-state index contributed by atoms with van der Waals surface area (Å²) in [5, 5.41) is 4.67. The van der Waals surface area contributed by atoms with Gasteiger partial charge in [0.25, 0.3) is 0 Å². The summed E-state index contributed by atoms with van der Waals surface area (Å²) in [5.41, 5.74) is 3.29. The van der Waals surface area contributed by atoms with Gasteiger partial charge in [0.1, 0.15) is 0 Å². The van der Waals surface area contributed by atoms with Crippen molar-refractivity contribution in [3.8, 4) is 11.3 Å². The van der Waals surface area contributed by atoms with Crippen molar-refractivity contribution in [2.24, 2.45) is 9.98 Å². The van der Waals surface area contributed by atoms with E-state index in [9.17, 15) is 0 Å². The number of fused-ring (bicyclic) bond motifs is 3. The Kier molecular flexibility index (Phi) is 2.45. The molecule has 1 aromatic heterocycles. The van der Waals surface area contributed by atoms with Crippen LogP contribution in [0.25, 0.3) is 11.3 Å². The van der Waals surface area contributed by atoms with E-state index in [0.29, 0.717) is 0 Å². The molecule has 0 bridgehead atoms. The van der Waals surface area contributed by atoms with E-state index >= 15 is 0 Å². The second-order valence-corrected chi connectivity index (χ2v) is 5.14. The first kappa shape index (κ1) is 11.4. The summed E-state index contributed by atoms with van der Waals surface area (Å²) in [7, 11) is 0. The van der Waals surface area contributed by atoms with Gasteiger partial charge in [0.2, 0.25) is 5.96 Å². The van der Waals surface area contributed by atoms with E-state index in [2.05, 4.69) is 51.2 Å². The van der Waals surface area contributed by atoms with Crippen molar-refractivity contribution >= 4 is 18.1 Å². The van der Waals surface area contributed by atoms with Crippen LogP contribution in [0.4, 0.5) is 5.82 Å². The topological polar surface area (TPSA) is 45.8 Å². The Morgan fingerprint density at radius 3 is 2.85 bits per heavy atom. The van der Waals surface area contributed by atoms with Crippen LogP contribution in [0.2, 0.25) is 0 Å². The molecular weight excluding hydrogens is 250 g/mol. The van der Waals surface area contributed by atoms with Crippen LogP contribution in [0, 0.1) is 6.92 Å². The van der Waals surface area contributed by atoms with Crippen molar-refractivity contribution in [1.82, 2.24) is 14.7 Å². The van der Waals surface area contributed by atoms with Gasteiger partial charge in [-0.15, -0.1) is 0 Å². The molecule has 100 valence electrons. The number of aliphatic imine (C=N–C) groups is 2. The lowest BCUT2D eigenvalue weighted by Gasteiger charge is -2.27. The number of nitrogens with zero attached hydrogens (tertiary/aromatic N) is 5. The largest absolute Gasteiger partial charge is 0.301 e. The number of aryl methyl sites for hydroxylation is 1. The molecule has 1 aromatic carbocycles. The van der Waals surface area contributed by atoms with Gasteiger partial charge in [0.05, 0.1) is 12.0 Å². The molecule has 0 N–H and O–H groups in total. The molecule has 2 aromatic rings. The molecular formula is C15H15N5. The molecule has 20 heavy (non-hydrogen) atoms. The molecule has 0 atom stereocenters. The number of hydrogen-bond donors (Lipinski definition) is 0. The molecule has 0 fully saturated rings. The lowest BCUT2D eigenvalue weighted by molar-refractivity contribution is 0.525. The van der Waals surface area contributed by atoms with E-state index < -0.39 is 0 Å². The molecule has 0 saturated heterocycles. The van der Waals surface area contributed by atoms with Crippen LogP contribution in [-0.4, -0.2) is 40.1 Å². The van der Waals surface area contributed by atoms with E-state index in [1.165, 1.54) is 5.56 Å². The first-order chi connectivity index (χ1) is 9.81. The number of benzene rings is 1. The van der Waals surface area contributed by atoms with Crippen LogP contribution in [0.3, 0.4) is 0 Å². The highest BCUT2D eigenvalue weighted by Gasteiger charge is 2.23. The highest BCUT2D eigenvalue weighted by molar-refractivity contribution is 5.97. The zero-order chi connectivity index (χ0) is 13.5. The minimum atomic E-state index is 0.845. The number of aromatic nitrogens is 2. The summed E-state index contributed by atoms with van der Waals surface area (Å²) in [4.78, 5) is 11.1. The summed E-state index contributed by atoms with van der Waals surface area (Å²) in [5.74, 6) is 1.73. The molecule has 2 aliphatic heterocycles. The molecule has 5 nitrogen and oxygen atoms in total. The Bertz CT molecular complexity index is 708. The van der Waals surface area contributed by atoms with Crippen molar-refractivity contribution in [2.45, 2.75) is 13.3 Å². The zero-order valence-electron chi connectivity index (χ0n) is 11.3. The molecule has 3 heterocycles. The van der Waals surface area contributed by atoms with Crippen molar-refractivity contribution in [1.29, 1.82) is 0 Å². The third-order valence-electron chi connectivity index (χ3n) is 3.62. The lowest BCUT2D eigenvalue weighted by atomic mass is 10.1. The monoisotopic (exact) mass is 265 g/mol. The average molecular weight is 265 g/mol. The van der Waals surface area contributed by atoms with Crippen molar-refractivity contribution in [3.05, 3.63) is 35.9 Å². The molecule has 4 rings (SSSR count). The Morgan fingerprint density at radius 2 is 2.00 bits per heavy atom. The van der Waals surface area contributed by atoms with Crippen LogP contribution >= 0.6 is 0 Å². The molecule has 0 saturated carbocycles. The van der Waals surface area contributed by atoms with Gasteiger partial charge in [-0.05, 0) is 13.3 Å². The maximum atomic E-state index is 4.67. The smallest absolute Gasteiger partial charge is 0.229 e. The summed E-state index contributed by atoms with van der Waals surface area (Å²) in [6.07, 6.45) is 2.92. The normalized spacial score (nSPS) is 16.6. The lowest BCUT2D eigenvalue weighted by Crippen LogP contribution is -2.41. The van der Waals surface area contributed by atoms with Crippen LogP contribution in [0.1, 0.15) is 12.0 Å². The summed E-state index contributed by atoms with van der Waals surface area (Å²) < 4.78 is 1.84. The van der Waals surface area contributed by atoms with Crippen LogP contribution in [0.5, 0.6) is 0 Å². The van der Waals surface area contributed by atoms with Crippen LogP contribution < -0.4 is 0 Å². The van der Waals surface area contributed by atoms with Gasteiger partial charge >= 0.3 is 0 Å². The van der Waals surface area contributed by atoms with Gasteiger partial charge in [-0.3, -0.25) is 4.99 Å². The number of hydrogen-bond acceptors (Lipinski definition) is 4.